The quantitative estimate of drug-likeness (QED) is 0.0590. The predicted molar refractivity (Wildman–Crippen MR) is 170 cm³/mol. The molecule has 2 aliphatic rings. The van der Waals surface area contributed by atoms with Gasteiger partial charge in [0.2, 0.25) is 0 Å². The highest BCUT2D eigenvalue weighted by Gasteiger charge is 2.32. The second kappa shape index (κ2) is 22.5. The van der Waals surface area contributed by atoms with E-state index in [4.69, 9.17) is 9.47 Å². The molecule has 0 saturated carbocycles. The topological polar surface area (TPSA) is 137 Å². The summed E-state index contributed by atoms with van der Waals surface area (Å²) < 4.78 is 11.1. The van der Waals surface area contributed by atoms with E-state index in [9.17, 15) is 30.3 Å². The summed E-state index contributed by atoms with van der Waals surface area (Å²) in [5.41, 5.74) is 0.559. The molecule has 0 radical (unpaired) electrons. The fourth-order valence-electron chi connectivity index (χ4n) is 6.44. The lowest BCUT2D eigenvalue weighted by atomic mass is 9.97. The van der Waals surface area contributed by atoms with Gasteiger partial charge in [0, 0.05) is 12.0 Å². The van der Waals surface area contributed by atoms with Gasteiger partial charge in [-0.25, -0.2) is 4.79 Å². The van der Waals surface area contributed by atoms with E-state index in [1.807, 2.05) is 0 Å². The molecule has 1 saturated heterocycles. The summed E-state index contributed by atoms with van der Waals surface area (Å²) in [6.07, 6.45) is 17.9. The fourth-order valence-corrected chi connectivity index (χ4v) is 6.44. The number of aliphatic hydroxyl groups is 5. The molecule has 0 aromatic heterocycles. The van der Waals surface area contributed by atoms with Crippen molar-refractivity contribution in [1.82, 2.24) is 0 Å². The number of hydrogen-bond acceptors (Lipinski definition) is 8. The Hall–Kier alpha value is -1.03. The van der Waals surface area contributed by atoms with Crippen LogP contribution >= 0.6 is 0 Å². The largest absolute Gasteiger partial charge is 0.455 e. The number of carbonyl (C=O) groups excluding carboxylic acids is 1. The first-order valence-electron chi connectivity index (χ1n) is 17.7. The zero-order chi connectivity index (χ0) is 31.5. The highest BCUT2D eigenvalue weighted by Crippen LogP contribution is 2.28. The van der Waals surface area contributed by atoms with E-state index >= 15 is 0 Å². The van der Waals surface area contributed by atoms with Crippen LogP contribution in [0.4, 0.5) is 0 Å². The minimum atomic E-state index is -0.826. The van der Waals surface area contributed by atoms with Crippen molar-refractivity contribution in [3.63, 3.8) is 0 Å². The minimum Gasteiger partial charge on any atom is -0.455 e. The lowest BCUT2D eigenvalue weighted by molar-refractivity contribution is -0.139. The van der Waals surface area contributed by atoms with Crippen molar-refractivity contribution in [1.29, 1.82) is 0 Å². The van der Waals surface area contributed by atoms with Crippen molar-refractivity contribution in [3.8, 4) is 0 Å². The van der Waals surface area contributed by atoms with Crippen LogP contribution in [0, 0.1) is 0 Å². The van der Waals surface area contributed by atoms with Crippen molar-refractivity contribution in [2.45, 2.75) is 204 Å². The van der Waals surface area contributed by atoms with Crippen molar-refractivity contribution in [2.75, 3.05) is 0 Å². The first-order chi connectivity index (χ1) is 20.7. The van der Waals surface area contributed by atoms with Crippen LogP contribution in [-0.2, 0) is 14.3 Å². The number of hydrogen-bond donors (Lipinski definition) is 5. The first kappa shape index (κ1) is 38.2. The van der Waals surface area contributed by atoms with Gasteiger partial charge in [0.1, 0.15) is 6.10 Å². The number of aliphatic hydroxyl groups excluding tert-OH is 5. The van der Waals surface area contributed by atoms with Crippen LogP contribution in [0.1, 0.15) is 155 Å². The molecule has 0 amide bonds. The molecule has 0 bridgehead atoms. The molecule has 8 heteroatoms. The van der Waals surface area contributed by atoms with Crippen LogP contribution in [0.5, 0.6) is 0 Å². The van der Waals surface area contributed by atoms with Crippen molar-refractivity contribution >= 4 is 5.97 Å². The Kier molecular flexibility index (Phi) is 19.9. The third-order valence-electron chi connectivity index (χ3n) is 9.18. The van der Waals surface area contributed by atoms with Crippen molar-refractivity contribution < 1.29 is 39.8 Å². The first-order valence-corrected chi connectivity index (χ1v) is 17.7. The van der Waals surface area contributed by atoms with E-state index in [1.165, 1.54) is 51.4 Å². The Labute approximate surface area is 261 Å². The van der Waals surface area contributed by atoms with E-state index in [0.29, 0.717) is 50.5 Å². The van der Waals surface area contributed by atoms with Gasteiger partial charge in [-0.2, -0.15) is 0 Å². The minimum absolute atomic E-state index is 0.0786. The molecule has 43 heavy (non-hydrogen) atoms. The zero-order valence-corrected chi connectivity index (χ0v) is 27.2. The normalized spacial score (nSPS) is 24.0. The molecule has 2 rings (SSSR count). The van der Waals surface area contributed by atoms with Crippen molar-refractivity contribution in [2.24, 2.45) is 0 Å². The number of unbranched alkanes of at least 4 members (excludes halogenated alkanes) is 11. The standard InChI is InChI=1S/C35H64O8/c1-3-4-5-6-7-8-9-10-11-15-18-31(38)32(39)20-21-33(40)34-22-19-30(43-34)25-29(37)17-14-12-13-16-28(36)24-27-23-26(2)42-35(27)41/h23,26,28-34,36-40H,3-22,24-25H2,1-2H3/t26-,28+,29+,30-,31+,32+,33-,34+/m0/s1. The second-order valence-corrected chi connectivity index (χ2v) is 13.3. The molecular formula is C35H64O8. The summed E-state index contributed by atoms with van der Waals surface area (Å²) in [5.74, 6) is -0.329. The lowest BCUT2D eigenvalue weighted by Gasteiger charge is -2.23. The summed E-state index contributed by atoms with van der Waals surface area (Å²) in [7, 11) is 0. The van der Waals surface area contributed by atoms with Gasteiger partial charge in [0.25, 0.3) is 0 Å². The molecule has 2 heterocycles. The molecule has 2 aliphatic heterocycles. The third-order valence-corrected chi connectivity index (χ3v) is 9.18. The number of ether oxygens (including phenoxy) is 2. The van der Waals surface area contributed by atoms with Gasteiger partial charge in [0.15, 0.2) is 0 Å². The van der Waals surface area contributed by atoms with Gasteiger partial charge in [0.05, 0.1) is 42.7 Å². The van der Waals surface area contributed by atoms with Crippen molar-refractivity contribution in [3.05, 3.63) is 11.6 Å². The maximum Gasteiger partial charge on any atom is 0.334 e. The third kappa shape index (κ3) is 16.7. The van der Waals surface area contributed by atoms with Crippen LogP contribution in [0.15, 0.2) is 11.6 Å². The van der Waals surface area contributed by atoms with E-state index in [1.54, 1.807) is 13.0 Å². The Morgan fingerprint density at radius 1 is 0.721 bits per heavy atom. The smallest absolute Gasteiger partial charge is 0.334 e. The molecule has 0 spiro atoms. The molecule has 0 unspecified atom stereocenters. The van der Waals surface area contributed by atoms with Gasteiger partial charge in [-0.1, -0.05) is 90.4 Å². The lowest BCUT2D eigenvalue weighted by Crippen LogP contribution is -2.31. The summed E-state index contributed by atoms with van der Waals surface area (Å²) in [6.45, 7) is 4.04. The molecule has 252 valence electrons. The van der Waals surface area contributed by atoms with Gasteiger partial charge < -0.3 is 35.0 Å². The Balaban J connectivity index is 1.46. The van der Waals surface area contributed by atoms with E-state index in [2.05, 4.69) is 6.92 Å². The fraction of sp³-hybridized carbons (Fsp3) is 0.914. The Bertz CT molecular complexity index is 758. The monoisotopic (exact) mass is 612 g/mol. The van der Waals surface area contributed by atoms with Crippen LogP contribution in [0.25, 0.3) is 0 Å². The van der Waals surface area contributed by atoms with Gasteiger partial charge >= 0.3 is 5.97 Å². The molecule has 5 N–H and O–H groups in total. The molecular weight excluding hydrogens is 548 g/mol. The summed E-state index contributed by atoms with van der Waals surface area (Å²) in [6, 6.07) is 0. The Morgan fingerprint density at radius 3 is 1.91 bits per heavy atom. The average molecular weight is 613 g/mol. The maximum atomic E-state index is 11.7. The van der Waals surface area contributed by atoms with Crippen LogP contribution in [0.2, 0.25) is 0 Å². The molecule has 1 fully saturated rings. The Morgan fingerprint density at radius 2 is 1.28 bits per heavy atom. The summed E-state index contributed by atoms with van der Waals surface area (Å²) >= 11 is 0. The number of cyclic esters (lactones) is 1. The van der Waals surface area contributed by atoms with Gasteiger partial charge in [-0.3, -0.25) is 0 Å². The van der Waals surface area contributed by atoms with E-state index in [0.717, 1.165) is 44.9 Å². The number of esters is 1. The molecule has 8 nitrogen and oxygen atoms in total. The number of rotatable bonds is 26. The van der Waals surface area contributed by atoms with Gasteiger partial charge in [-0.15, -0.1) is 0 Å². The van der Waals surface area contributed by atoms with Crippen LogP contribution in [0.3, 0.4) is 0 Å². The second-order valence-electron chi connectivity index (χ2n) is 13.3. The molecule has 0 aliphatic carbocycles. The zero-order valence-electron chi connectivity index (χ0n) is 27.2. The number of carbonyl (C=O) groups is 1. The SMILES string of the molecule is CCCCCCCCCCCC[C@@H](O)[C@H](O)CC[C@H](O)[C@H]1CC[C@@H](C[C@H](O)CCCCC[C@@H](O)CC2=C[C@H](C)OC2=O)O1. The highest BCUT2D eigenvalue weighted by atomic mass is 16.5. The molecule has 8 atom stereocenters. The average Bonchev–Trinajstić information content (AvgIpc) is 3.56. The van der Waals surface area contributed by atoms with Crippen LogP contribution in [-0.4, -0.2) is 80.3 Å². The van der Waals surface area contributed by atoms with E-state index < -0.39 is 30.5 Å². The maximum absolute atomic E-state index is 11.7. The predicted octanol–water partition coefficient (Wildman–Crippen LogP) is 6.03. The summed E-state index contributed by atoms with van der Waals surface area (Å²) in [5, 5.41) is 52.1. The van der Waals surface area contributed by atoms with Gasteiger partial charge in [-0.05, 0) is 64.4 Å². The summed E-state index contributed by atoms with van der Waals surface area (Å²) in [4.78, 5) is 11.7. The van der Waals surface area contributed by atoms with E-state index in [-0.39, 0.29) is 24.3 Å². The highest BCUT2D eigenvalue weighted by molar-refractivity contribution is 5.90. The molecule has 0 aromatic carbocycles. The van der Waals surface area contributed by atoms with Crippen LogP contribution < -0.4 is 0 Å². The molecule has 0 aromatic rings.